The van der Waals surface area contributed by atoms with Crippen LogP contribution >= 0.6 is 0 Å². The number of nitrogens with zero attached hydrogens (tertiary/aromatic N) is 2. The molecular formula is C19H24N2O4S. The van der Waals surface area contributed by atoms with Crippen LogP contribution in [-0.2, 0) is 15.6 Å². The second kappa shape index (κ2) is 6.90. The van der Waals surface area contributed by atoms with E-state index in [0.717, 1.165) is 11.3 Å². The number of sulfonamides is 1. The van der Waals surface area contributed by atoms with Crippen LogP contribution < -0.4 is 4.90 Å². The summed E-state index contributed by atoms with van der Waals surface area (Å²) in [6.07, 6.45) is 0. The van der Waals surface area contributed by atoms with Gasteiger partial charge in [-0.15, -0.1) is 0 Å². The van der Waals surface area contributed by atoms with Crippen LogP contribution in [0, 0.1) is 0 Å². The molecule has 2 N–H and O–H groups in total. The number of phenols is 1. The fraction of sp³-hybridized carbons (Fsp3) is 0.368. The molecule has 0 amide bonds. The van der Waals surface area contributed by atoms with Gasteiger partial charge in [0.05, 0.1) is 10.5 Å². The lowest BCUT2D eigenvalue weighted by molar-refractivity contribution is 0.0786. The first-order chi connectivity index (χ1) is 12.2. The van der Waals surface area contributed by atoms with E-state index >= 15 is 0 Å². The Hall–Kier alpha value is -2.09. The SMILES string of the molecule is CC(C)(O)c1ccc(N2CCN(S(=O)(=O)c3cccc(O)c3)CC2)cc1. The lowest BCUT2D eigenvalue weighted by Crippen LogP contribution is -2.48. The average Bonchev–Trinajstić information content (AvgIpc) is 2.61. The highest BCUT2D eigenvalue weighted by Gasteiger charge is 2.29. The molecule has 0 aromatic heterocycles. The van der Waals surface area contributed by atoms with Crippen molar-refractivity contribution in [3.63, 3.8) is 0 Å². The molecule has 2 aromatic rings. The van der Waals surface area contributed by atoms with Crippen molar-refractivity contribution in [3.8, 4) is 5.75 Å². The maximum Gasteiger partial charge on any atom is 0.243 e. The molecule has 0 aliphatic carbocycles. The van der Waals surface area contributed by atoms with Crippen molar-refractivity contribution >= 4 is 15.7 Å². The first kappa shape index (κ1) is 18.7. The molecule has 1 heterocycles. The van der Waals surface area contributed by atoms with Gasteiger partial charge in [0.2, 0.25) is 10.0 Å². The fourth-order valence-electron chi connectivity index (χ4n) is 3.06. The third kappa shape index (κ3) is 3.85. The highest BCUT2D eigenvalue weighted by atomic mass is 32.2. The molecule has 1 fully saturated rings. The van der Waals surface area contributed by atoms with Crippen molar-refractivity contribution in [2.24, 2.45) is 0 Å². The summed E-state index contributed by atoms with van der Waals surface area (Å²) >= 11 is 0. The summed E-state index contributed by atoms with van der Waals surface area (Å²) in [7, 11) is -3.60. The molecule has 0 atom stereocenters. The lowest BCUT2D eigenvalue weighted by Gasteiger charge is -2.35. The van der Waals surface area contributed by atoms with Gasteiger partial charge in [-0.2, -0.15) is 4.31 Å². The van der Waals surface area contributed by atoms with Crippen molar-refractivity contribution in [1.29, 1.82) is 0 Å². The Balaban J connectivity index is 1.69. The third-order valence-corrected chi connectivity index (χ3v) is 6.53. The van der Waals surface area contributed by atoms with E-state index in [9.17, 15) is 18.6 Å². The Labute approximate surface area is 154 Å². The zero-order valence-corrected chi connectivity index (χ0v) is 15.8. The second-order valence-corrected chi connectivity index (χ2v) is 8.93. The van der Waals surface area contributed by atoms with Crippen LogP contribution in [0.4, 0.5) is 5.69 Å². The highest BCUT2D eigenvalue weighted by Crippen LogP contribution is 2.25. The van der Waals surface area contributed by atoms with Crippen LogP contribution in [0.1, 0.15) is 19.4 Å². The van der Waals surface area contributed by atoms with Crippen molar-refractivity contribution in [3.05, 3.63) is 54.1 Å². The molecule has 140 valence electrons. The van der Waals surface area contributed by atoms with Crippen LogP contribution in [0.5, 0.6) is 5.75 Å². The van der Waals surface area contributed by atoms with Crippen LogP contribution in [-0.4, -0.2) is 49.1 Å². The number of hydrogen-bond acceptors (Lipinski definition) is 5. The van der Waals surface area contributed by atoms with Crippen molar-refractivity contribution in [2.75, 3.05) is 31.1 Å². The van der Waals surface area contributed by atoms with E-state index in [1.54, 1.807) is 13.8 Å². The number of anilines is 1. The second-order valence-electron chi connectivity index (χ2n) is 6.99. The zero-order valence-electron chi connectivity index (χ0n) is 15.0. The van der Waals surface area contributed by atoms with Crippen molar-refractivity contribution in [2.45, 2.75) is 24.3 Å². The number of aliphatic hydroxyl groups is 1. The molecule has 0 saturated carbocycles. The first-order valence-corrected chi connectivity index (χ1v) is 9.99. The lowest BCUT2D eigenvalue weighted by atomic mass is 9.98. The summed E-state index contributed by atoms with van der Waals surface area (Å²) in [5.74, 6) is -0.0587. The summed E-state index contributed by atoms with van der Waals surface area (Å²) in [4.78, 5) is 2.24. The Morgan fingerprint density at radius 3 is 2.12 bits per heavy atom. The van der Waals surface area contributed by atoms with Crippen molar-refractivity contribution in [1.82, 2.24) is 4.31 Å². The van der Waals surface area contributed by atoms with Gasteiger partial charge in [-0.3, -0.25) is 0 Å². The van der Waals surface area contributed by atoms with Gasteiger partial charge < -0.3 is 15.1 Å². The molecular weight excluding hydrogens is 352 g/mol. The molecule has 1 saturated heterocycles. The summed E-state index contributed by atoms with van der Waals surface area (Å²) in [5.41, 5.74) is 0.964. The number of aromatic hydroxyl groups is 1. The average molecular weight is 376 g/mol. The van der Waals surface area contributed by atoms with Gasteiger partial charge in [-0.05, 0) is 49.7 Å². The summed E-state index contributed by atoms with van der Waals surface area (Å²) in [6.45, 7) is 5.41. The van der Waals surface area contributed by atoms with E-state index in [-0.39, 0.29) is 10.6 Å². The monoisotopic (exact) mass is 376 g/mol. The molecule has 1 aliphatic rings. The summed E-state index contributed by atoms with van der Waals surface area (Å²) in [6, 6.07) is 13.4. The molecule has 26 heavy (non-hydrogen) atoms. The molecule has 0 unspecified atom stereocenters. The number of benzene rings is 2. The fourth-order valence-corrected chi connectivity index (χ4v) is 4.52. The standard InChI is InChI=1S/C19H24N2O4S/c1-19(2,23)15-6-8-16(9-7-15)20-10-12-21(13-11-20)26(24,25)18-5-3-4-17(22)14-18/h3-9,14,22-23H,10-13H2,1-2H3. The smallest absolute Gasteiger partial charge is 0.243 e. The summed E-state index contributed by atoms with van der Waals surface area (Å²) < 4.78 is 26.9. The maximum absolute atomic E-state index is 12.7. The number of rotatable bonds is 4. The van der Waals surface area contributed by atoms with Gasteiger partial charge in [0.1, 0.15) is 5.75 Å². The van der Waals surface area contributed by atoms with Crippen molar-refractivity contribution < 1.29 is 18.6 Å². The number of phenolic OH excluding ortho intramolecular Hbond substituents is 1. The van der Waals surface area contributed by atoms with E-state index in [0.29, 0.717) is 26.2 Å². The molecule has 3 rings (SSSR count). The Morgan fingerprint density at radius 1 is 0.962 bits per heavy atom. The molecule has 0 spiro atoms. The normalized spacial score (nSPS) is 16.7. The molecule has 6 nitrogen and oxygen atoms in total. The van der Waals surface area contributed by atoms with Gasteiger partial charge in [0.25, 0.3) is 0 Å². The third-order valence-electron chi connectivity index (χ3n) is 4.63. The van der Waals surface area contributed by atoms with Gasteiger partial charge in [0, 0.05) is 31.9 Å². The van der Waals surface area contributed by atoms with Crippen LogP contribution in [0.15, 0.2) is 53.4 Å². The molecule has 7 heteroatoms. The topological polar surface area (TPSA) is 81.1 Å². The van der Waals surface area contributed by atoms with E-state index < -0.39 is 15.6 Å². The molecule has 2 aromatic carbocycles. The number of hydrogen-bond donors (Lipinski definition) is 2. The predicted molar refractivity (Wildman–Crippen MR) is 101 cm³/mol. The molecule has 0 bridgehead atoms. The minimum atomic E-state index is -3.60. The van der Waals surface area contributed by atoms with Crippen LogP contribution in [0.2, 0.25) is 0 Å². The van der Waals surface area contributed by atoms with Gasteiger partial charge in [-0.1, -0.05) is 18.2 Å². The largest absolute Gasteiger partial charge is 0.508 e. The summed E-state index contributed by atoms with van der Waals surface area (Å²) in [5, 5.41) is 19.6. The van der Waals surface area contributed by atoms with Gasteiger partial charge >= 0.3 is 0 Å². The molecule has 1 aliphatic heterocycles. The Kier molecular flexibility index (Phi) is 4.96. The minimum Gasteiger partial charge on any atom is -0.508 e. The molecule has 0 radical (unpaired) electrons. The first-order valence-electron chi connectivity index (χ1n) is 8.55. The van der Waals surface area contributed by atoms with E-state index in [1.165, 1.54) is 28.6 Å². The highest BCUT2D eigenvalue weighted by molar-refractivity contribution is 7.89. The van der Waals surface area contributed by atoms with Gasteiger partial charge in [-0.25, -0.2) is 8.42 Å². The Morgan fingerprint density at radius 2 is 1.58 bits per heavy atom. The van der Waals surface area contributed by atoms with Crippen LogP contribution in [0.25, 0.3) is 0 Å². The number of piperazine rings is 1. The minimum absolute atomic E-state index is 0.0587. The van der Waals surface area contributed by atoms with Gasteiger partial charge in [0.15, 0.2) is 0 Å². The predicted octanol–water partition coefficient (Wildman–Crippen LogP) is 2.13. The Bertz CT molecular complexity index is 865. The van der Waals surface area contributed by atoms with E-state index in [2.05, 4.69) is 4.90 Å². The van der Waals surface area contributed by atoms with E-state index in [4.69, 9.17) is 0 Å². The quantitative estimate of drug-likeness (QED) is 0.854. The van der Waals surface area contributed by atoms with Crippen LogP contribution in [0.3, 0.4) is 0 Å². The zero-order chi connectivity index (χ0) is 18.9. The van der Waals surface area contributed by atoms with E-state index in [1.807, 2.05) is 24.3 Å². The maximum atomic E-state index is 12.7.